The molecule has 3 rings (SSSR count). The predicted molar refractivity (Wildman–Crippen MR) is 64.7 cm³/mol. The number of hydrogen-bond donors (Lipinski definition) is 0. The Labute approximate surface area is 94.7 Å². The van der Waals surface area contributed by atoms with Gasteiger partial charge in [-0.3, -0.25) is 4.79 Å². The normalized spacial score (nSPS) is 12.8. The van der Waals surface area contributed by atoms with Gasteiger partial charge in [0.1, 0.15) is 6.29 Å². The first-order chi connectivity index (χ1) is 7.88. The molecule has 0 N–H and O–H groups in total. The van der Waals surface area contributed by atoms with Crippen molar-refractivity contribution in [1.29, 1.82) is 0 Å². The van der Waals surface area contributed by atoms with Gasteiger partial charge in [0.2, 0.25) is 0 Å². The molecule has 16 heavy (non-hydrogen) atoms. The average molecular weight is 208 g/mol. The summed E-state index contributed by atoms with van der Waals surface area (Å²) in [6, 6.07) is 14.4. The molecule has 2 aromatic carbocycles. The molecule has 0 aromatic heterocycles. The minimum atomic E-state index is 0.760. The van der Waals surface area contributed by atoms with Crippen molar-refractivity contribution in [3.8, 4) is 11.1 Å². The quantitative estimate of drug-likeness (QED) is 0.657. The fourth-order valence-corrected chi connectivity index (χ4v) is 2.41. The molecule has 0 amide bonds. The van der Waals surface area contributed by atoms with Crippen LogP contribution >= 0.6 is 0 Å². The first kappa shape index (κ1) is 9.34. The number of fused-ring (bicyclic) bond motifs is 3. The van der Waals surface area contributed by atoms with Crippen LogP contribution in [0.1, 0.15) is 21.5 Å². The van der Waals surface area contributed by atoms with E-state index in [1.807, 2.05) is 12.1 Å². The Kier molecular flexibility index (Phi) is 2.10. The van der Waals surface area contributed by atoms with Gasteiger partial charge in [-0.1, -0.05) is 36.4 Å². The van der Waals surface area contributed by atoms with Crippen LogP contribution in [0.2, 0.25) is 0 Å². The van der Waals surface area contributed by atoms with Crippen LogP contribution < -0.4 is 0 Å². The largest absolute Gasteiger partial charge is 0.298 e. The van der Waals surface area contributed by atoms with Crippen LogP contribution in [-0.4, -0.2) is 6.29 Å². The molecular weight excluding hydrogens is 196 g/mol. The first-order valence-electron chi connectivity index (χ1n) is 5.55. The Bertz CT molecular complexity index is 555. The van der Waals surface area contributed by atoms with E-state index in [-0.39, 0.29) is 0 Å². The van der Waals surface area contributed by atoms with Crippen molar-refractivity contribution < 1.29 is 4.79 Å². The van der Waals surface area contributed by atoms with E-state index < -0.39 is 0 Å². The Morgan fingerprint density at radius 3 is 2.44 bits per heavy atom. The van der Waals surface area contributed by atoms with E-state index >= 15 is 0 Å². The second-order valence-corrected chi connectivity index (χ2v) is 4.19. The number of carbonyl (C=O) groups is 1. The summed E-state index contributed by atoms with van der Waals surface area (Å²) < 4.78 is 0. The van der Waals surface area contributed by atoms with Crippen molar-refractivity contribution >= 4 is 6.29 Å². The molecule has 0 bridgehead atoms. The third-order valence-corrected chi connectivity index (χ3v) is 3.24. The number of aryl methyl sites for hydroxylation is 2. The summed E-state index contributed by atoms with van der Waals surface area (Å²) in [6.45, 7) is 0. The number of aldehydes is 1. The van der Waals surface area contributed by atoms with Gasteiger partial charge in [-0.05, 0) is 41.2 Å². The Hall–Kier alpha value is -1.89. The van der Waals surface area contributed by atoms with Gasteiger partial charge in [-0.2, -0.15) is 0 Å². The van der Waals surface area contributed by atoms with E-state index in [9.17, 15) is 4.79 Å². The molecule has 2 aromatic rings. The van der Waals surface area contributed by atoms with Gasteiger partial charge >= 0.3 is 0 Å². The maximum atomic E-state index is 10.8. The first-order valence-corrected chi connectivity index (χ1v) is 5.55. The highest BCUT2D eigenvalue weighted by molar-refractivity contribution is 5.82. The second-order valence-electron chi connectivity index (χ2n) is 4.19. The van der Waals surface area contributed by atoms with Crippen LogP contribution in [0.4, 0.5) is 0 Å². The minimum absolute atomic E-state index is 0.760. The van der Waals surface area contributed by atoms with E-state index in [0.717, 1.165) is 24.7 Å². The maximum Gasteiger partial charge on any atom is 0.150 e. The van der Waals surface area contributed by atoms with Crippen LogP contribution in [0, 0.1) is 0 Å². The van der Waals surface area contributed by atoms with Crippen molar-refractivity contribution in [2.45, 2.75) is 12.8 Å². The van der Waals surface area contributed by atoms with Gasteiger partial charge in [0.05, 0.1) is 0 Å². The molecule has 1 aliphatic rings. The molecule has 0 aliphatic heterocycles. The van der Waals surface area contributed by atoms with Crippen molar-refractivity contribution in [3.05, 3.63) is 59.2 Å². The van der Waals surface area contributed by atoms with Gasteiger partial charge in [-0.15, -0.1) is 0 Å². The molecule has 0 saturated heterocycles. The van der Waals surface area contributed by atoms with Gasteiger partial charge < -0.3 is 0 Å². The third kappa shape index (κ3) is 1.36. The summed E-state index contributed by atoms with van der Waals surface area (Å²) in [5, 5.41) is 0. The lowest BCUT2D eigenvalue weighted by molar-refractivity contribution is 0.112. The van der Waals surface area contributed by atoms with Gasteiger partial charge in [0.25, 0.3) is 0 Å². The molecule has 0 saturated carbocycles. The maximum absolute atomic E-state index is 10.8. The van der Waals surface area contributed by atoms with Gasteiger partial charge in [-0.25, -0.2) is 0 Å². The molecule has 78 valence electrons. The fourth-order valence-electron chi connectivity index (χ4n) is 2.41. The Balaban J connectivity index is 2.25. The van der Waals surface area contributed by atoms with E-state index in [4.69, 9.17) is 0 Å². The van der Waals surface area contributed by atoms with E-state index in [1.54, 1.807) is 0 Å². The molecule has 0 atom stereocenters. The number of carbonyl (C=O) groups excluding carboxylic acids is 1. The predicted octanol–water partition coefficient (Wildman–Crippen LogP) is 3.26. The monoisotopic (exact) mass is 208 g/mol. The van der Waals surface area contributed by atoms with Crippen LogP contribution in [0.25, 0.3) is 11.1 Å². The molecule has 0 radical (unpaired) electrons. The molecule has 0 fully saturated rings. The molecular formula is C15H12O. The molecule has 1 nitrogen and oxygen atoms in total. The molecule has 1 heteroatoms. The van der Waals surface area contributed by atoms with Crippen molar-refractivity contribution in [3.63, 3.8) is 0 Å². The second kappa shape index (κ2) is 3.60. The molecule has 0 unspecified atom stereocenters. The van der Waals surface area contributed by atoms with Crippen LogP contribution in [0.3, 0.4) is 0 Å². The van der Waals surface area contributed by atoms with Crippen LogP contribution in [-0.2, 0) is 12.8 Å². The van der Waals surface area contributed by atoms with Crippen LogP contribution in [0.15, 0.2) is 42.5 Å². The summed E-state index contributed by atoms with van der Waals surface area (Å²) in [5.74, 6) is 0. The Morgan fingerprint density at radius 2 is 1.62 bits per heavy atom. The minimum Gasteiger partial charge on any atom is -0.298 e. The van der Waals surface area contributed by atoms with Crippen molar-refractivity contribution in [2.75, 3.05) is 0 Å². The van der Waals surface area contributed by atoms with Gasteiger partial charge in [0, 0.05) is 5.56 Å². The van der Waals surface area contributed by atoms with Crippen molar-refractivity contribution in [1.82, 2.24) is 0 Å². The lowest BCUT2D eigenvalue weighted by Crippen LogP contribution is -2.04. The zero-order valence-corrected chi connectivity index (χ0v) is 8.94. The van der Waals surface area contributed by atoms with Gasteiger partial charge in [0.15, 0.2) is 0 Å². The summed E-state index contributed by atoms with van der Waals surface area (Å²) in [4.78, 5) is 10.8. The lowest BCUT2D eigenvalue weighted by Gasteiger charge is -2.19. The highest BCUT2D eigenvalue weighted by Gasteiger charge is 2.15. The third-order valence-electron chi connectivity index (χ3n) is 3.24. The molecule has 0 spiro atoms. The lowest BCUT2D eigenvalue weighted by atomic mass is 9.85. The summed E-state index contributed by atoms with van der Waals surface area (Å²) in [7, 11) is 0. The summed E-state index contributed by atoms with van der Waals surface area (Å²) >= 11 is 0. The highest BCUT2D eigenvalue weighted by atomic mass is 16.1. The van der Waals surface area contributed by atoms with E-state index in [2.05, 4.69) is 30.3 Å². The number of hydrogen-bond acceptors (Lipinski definition) is 1. The summed E-state index contributed by atoms with van der Waals surface area (Å²) in [6.07, 6.45) is 3.09. The zero-order valence-electron chi connectivity index (χ0n) is 8.94. The Morgan fingerprint density at radius 1 is 0.875 bits per heavy atom. The highest BCUT2D eigenvalue weighted by Crippen LogP contribution is 2.33. The number of rotatable bonds is 1. The van der Waals surface area contributed by atoms with Crippen molar-refractivity contribution in [2.24, 2.45) is 0 Å². The van der Waals surface area contributed by atoms with Crippen LogP contribution in [0.5, 0.6) is 0 Å². The fraction of sp³-hybridized carbons (Fsp3) is 0.133. The molecule has 0 heterocycles. The van der Waals surface area contributed by atoms with E-state index in [0.29, 0.717) is 0 Å². The zero-order chi connectivity index (χ0) is 11.0. The smallest absolute Gasteiger partial charge is 0.150 e. The van der Waals surface area contributed by atoms with E-state index in [1.165, 1.54) is 22.3 Å². The topological polar surface area (TPSA) is 17.1 Å². The average Bonchev–Trinajstić information content (AvgIpc) is 2.38. The number of benzene rings is 2. The standard InChI is InChI=1S/C15H12O/c16-10-11-5-6-13-8-7-12-3-1-2-4-14(12)15(13)9-11/h1-6,9-10H,7-8H2. The summed E-state index contributed by atoms with van der Waals surface area (Å²) in [5.41, 5.74) is 6.01. The SMILES string of the molecule is O=Cc1ccc2c(c1)-c1ccccc1CC2. The molecule has 1 aliphatic carbocycles.